The van der Waals surface area contributed by atoms with Crippen molar-refractivity contribution in [1.29, 1.82) is 0 Å². The third-order valence-electron chi connectivity index (χ3n) is 1.91. The van der Waals surface area contributed by atoms with Gasteiger partial charge in [-0.2, -0.15) is 0 Å². The van der Waals surface area contributed by atoms with Gasteiger partial charge in [0.25, 0.3) is 0 Å². The minimum atomic E-state index is -3.27. The molecule has 0 radical (unpaired) electrons. The molecule has 1 rings (SSSR count). The van der Waals surface area contributed by atoms with Crippen LogP contribution >= 0.6 is 0 Å². The van der Waals surface area contributed by atoms with Gasteiger partial charge >= 0.3 is 0 Å². The van der Waals surface area contributed by atoms with E-state index in [1.807, 2.05) is 6.92 Å². The summed E-state index contributed by atoms with van der Waals surface area (Å²) in [5.74, 6) is 0.0713. The maximum Gasteiger partial charge on any atom is 0.234 e. The van der Waals surface area contributed by atoms with Crippen LogP contribution in [0.4, 0.5) is 5.69 Å². The van der Waals surface area contributed by atoms with E-state index in [1.165, 1.54) is 6.20 Å². The lowest BCUT2D eigenvalue weighted by molar-refractivity contribution is 0.595. The highest BCUT2D eigenvalue weighted by Crippen LogP contribution is 2.05. The van der Waals surface area contributed by atoms with Crippen molar-refractivity contribution in [3.05, 3.63) is 24.5 Å². The van der Waals surface area contributed by atoms with E-state index in [9.17, 15) is 8.42 Å². The zero-order chi connectivity index (χ0) is 11.9. The molecule has 16 heavy (non-hydrogen) atoms. The lowest BCUT2D eigenvalue weighted by Gasteiger charge is -2.07. The van der Waals surface area contributed by atoms with Gasteiger partial charge in [0.05, 0.1) is 17.6 Å². The summed E-state index contributed by atoms with van der Waals surface area (Å²) in [7, 11) is -3.27. The Morgan fingerprint density at radius 1 is 1.38 bits per heavy atom. The van der Waals surface area contributed by atoms with Crippen LogP contribution in [0.1, 0.15) is 13.3 Å². The Morgan fingerprint density at radius 3 is 2.81 bits per heavy atom. The Balaban J connectivity index is 2.40. The van der Waals surface area contributed by atoms with Gasteiger partial charge in [-0.05, 0) is 25.1 Å². The van der Waals surface area contributed by atoms with Crippen molar-refractivity contribution in [1.82, 2.24) is 10.3 Å². The van der Waals surface area contributed by atoms with Crippen LogP contribution in [0.15, 0.2) is 24.5 Å². The maximum absolute atomic E-state index is 11.6. The molecule has 0 atom stereocenters. The van der Waals surface area contributed by atoms with E-state index in [4.69, 9.17) is 0 Å². The fourth-order valence-electron chi connectivity index (χ4n) is 1.16. The molecule has 0 spiro atoms. The second kappa shape index (κ2) is 6.44. The molecule has 0 unspecified atom stereocenters. The molecule has 0 aliphatic rings. The summed E-state index contributed by atoms with van der Waals surface area (Å²) < 4.78 is 25.6. The number of nitrogens with zero attached hydrogens (tertiary/aromatic N) is 1. The topological polar surface area (TPSA) is 71.1 Å². The number of aromatic nitrogens is 1. The zero-order valence-electron chi connectivity index (χ0n) is 9.31. The summed E-state index contributed by atoms with van der Waals surface area (Å²) in [6, 6.07) is 3.36. The molecule has 2 N–H and O–H groups in total. The van der Waals surface area contributed by atoms with E-state index in [-0.39, 0.29) is 5.75 Å². The fourth-order valence-corrected chi connectivity index (χ4v) is 2.16. The van der Waals surface area contributed by atoms with Crippen LogP contribution in [-0.4, -0.2) is 32.2 Å². The number of pyridine rings is 1. The van der Waals surface area contributed by atoms with E-state index in [2.05, 4.69) is 15.0 Å². The molecule has 0 saturated heterocycles. The fraction of sp³-hybridized carbons (Fsp3) is 0.500. The molecule has 0 bridgehead atoms. The SMILES string of the molecule is CCCNCCS(=O)(=O)Nc1cccnc1. The molecule has 90 valence electrons. The van der Waals surface area contributed by atoms with Crippen molar-refractivity contribution in [3.8, 4) is 0 Å². The van der Waals surface area contributed by atoms with Crippen LogP contribution in [0.5, 0.6) is 0 Å². The number of hydrogen-bond acceptors (Lipinski definition) is 4. The number of sulfonamides is 1. The summed E-state index contributed by atoms with van der Waals surface area (Å²) >= 11 is 0. The molecular weight excluding hydrogens is 226 g/mol. The van der Waals surface area contributed by atoms with Gasteiger partial charge in [-0.15, -0.1) is 0 Å². The average Bonchev–Trinajstić information content (AvgIpc) is 2.25. The summed E-state index contributed by atoms with van der Waals surface area (Å²) in [6.45, 7) is 3.33. The molecule has 1 heterocycles. The van der Waals surface area contributed by atoms with Crippen LogP contribution in [0.25, 0.3) is 0 Å². The van der Waals surface area contributed by atoms with Crippen molar-refractivity contribution < 1.29 is 8.42 Å². The highest BCUT2D eigenvalue weighted by Gasteiger charge is 2.09. The highest BCUT2D eigenvalue weighted by atomic mass is 32.2. The van der Waals surface area contributed by atoms with Crippen molar-refractivity contribution in [2.45, 2.75) is 13.3 Å². The van der Waals surface area contributed by atoms with Gasteiger partial charge < -0.3 is 5.32 Å². The van der Waals surface area contributed by atoms with Crippen LogP contribution in [0, 0.1) is 0 Å². The first-order valence-corrected chi connectivity index (χ1v) is 6.90. The lowest BCUT2D eigenvalue weighted by Crippen LogP contribution is -2.27. The van der Waals surface area contributed by atoms with Crippen molar-refractivity contribution in [3.63, 3.8) is 0 Å². The molecule has 0 fully saturated rings. The molecule has 1 aromatic heterocycles. The number of nitrogens with one attached hydrogen (secondary N) is 2. The van der Waals surface area contributed by atoms with Gasteiger partial charge in [-0.1, -0.05) is 6.92 Å². The molecular formula is C10H17N3O2S. The normalized spacial score (nSPS) is 11.3. The van der Waals surface area contributed by atoms with Crippen LogP contribution < -0.4 is 10.0 Å². The van der Waals surface area contributed by atoms with Crippen LogP contribution in [0.3, 0.4) is 0 Å². The van der Waals surface area contributed by atoms with Crippen molar-refractivity contribution in [2.24, 2.45) is 0 Å². The number of anilines is 1. The second-order valence-electron chi connectivity index (χ2n) is 3.41. The van der Waals surface area contributed by atoms with E-state index in [1.54, 1.807) is 18.3 Å². The second-order valence-corrected chi connectivity index (χ2v) is 5.25. The van der Waals surface area contributed by atoms with Crippen molar-refractivity contribution >= 4 is 15.7 Å². The van der Waals surface area contributed by atoms with E-state index < -0.39 is 10.0 Å². The molecule has 0 aliphatic carbocycles. The van der Waals surface area contributed by atoms with Crippen molar-refractivity contribution in [2.75, 3.05) is 23.6 Å². The monoisotopic (exact) mass is 243 g/mol. The standard InChI is InChI=1S/C10H17N3O2S/c1-2-5-11-7-8-16(14,15)13-10-4-3-6-12-9-10/h3-4,6,9,11,13H,2,5,7-8H2,1H3. The zero-order valence-corrected chi connectivity index (χ0v) is 10.1. The summed E-state index contributed by atoms with van der Waals surface area (Å²) in [5, 5.41) is 3.04. The van der Waals surface area contributed by atoms with E-state index in [0.29, 0.717) is 12.2 Å². The molecule has 0 aromatic carbocycles. The third kappa shape index (κ3) is 5.09. The molecule has 0 amide bonds. The highest BCUT2D eigenvalue weighted by molar-refractivity contribution is 7.92. The number of rotatable bonds is 7. The lowest BCUT2D eigenvalue weighted by atomic mass is 10.4. The third-order valence-corrected chi connectivity index (χ3v) is 3.20. The van der Waals surface area contributed by atoms with Crippen LogP contribution in [0.2, 0.25) is 0 Å². The minimum absolute atomic E-state index is 0.0713. The van der Waals surface area contributed by atoms with Gasteiger partial charge in [0, 0.05) is 12.7 Å². The van der Waals surface area contributed by atoms with Gasteiger partial charge in [-0.3, -0.25) is 9.71 Å². The average molecular weight is 243 g/mol. The Labute approximate surface area is 96.3 Å². The largest absolute Gasteiger partial charge is 0.316 e. The molecule has 1 aromatic rings. The number of hydrogen-bond donors (Lipinski definition) is 2. The van der Waals surface area contributed by atoms with E-state index >= 15 is 0 Å². The molecule has 0 saturated carbocycles. The molecule has 5 nitrogen and oxygen atoms in total. The van der Waals surface area contributed by atoms with Crippen LogP contribution in [-0.2, 0) is 10.0 Å². The molecule has 0 aliphatic heterocycles. The first-order valence-electron chi connectivity index (χ1n) is 5.25. The predicted octanol–water partition coefficient (Wildman–Crippen LogP) is 0.823. The maximum atomic E-state index is 11.6. The van der Waals surface area contributed by atoms with Gasteiger partial charge in [0.2, 0.25) is 10.0 Å². The minimum Gasteiger partial charge on any atom is -0.316 e. The Kier molecular flexibility index (Phi) is 5.21. The van der Waals surface area contributed by atoms with Gasteiger partial charge in [0.1, 0.15) is 0 Å². The Morgan fingerprint density at radius 2 is 2.19 bits per heavy atom. The van der Waals surface area contributed by atoms with E-state index in [0.717, 1.165) is 13.0 Å². The summed E-state index contributed by atoms with van der Waals surface area (Å²) in [6.07, 6.45) is 4.08. The Hall–Kier alpha value is -1.14. The molecule has 6 heteroatoms. The first kappa shape index (κ1) is 12.9. The smallest absolute Gasteiger partial charge is 0.234 e. The Bertz CT molecular complexity index is 392. The van der Waals surface area contributed by atoms with Gasteiger partial charge in [0.15, 0.2) is 0 Å². The quantitative estimate of drug-likeness (QED) is 0.696. The van der Waals surface area contributed by atoms with Gasteiger partial charge in [-0.25, -0.2) is 8.42 Å². The summed E-state index contributed by atoms with van der Waals surface area (Å²) in [4.78, 5) is 3.84. The summed E-state index contributed by atoms with van der Waals surface area (Å²) in [5.41, 5.74) is 0.498. The predicted molar refractivity (Wildman–Crippen MR) is 64.8 cm³/mol. The first-order chi connectivity index (χ1) is 7.64.